The Morgan fingerprint density at radius 3 is 1.15 bits per heavy atom. The van der Waals surface area contributed by atoms with Crippen LogP contribution in [0.2, 0.25) is 0 Å². The van der Waals surface area contributed by atoms with E-state index in [1.165, 1.54) is 98.4 Å². The number of hydrogen-bond donors (Lipinski definition) is 0. The van der Waals surface area contributed by atoms with E-state index in [4.69, 9.17) is 18.2 Å². The Balaban J connectivity index is 3.49. The zero-order chi connectivity index (χ0) is 20.1. The second-order valence-electron chi connectivity index (χ2n) is 6.69. The smallest absolute Gasteiger partial charge is 0.347 e. The van der Waals surface area contributed by atoms with Crippen LogP contribution in [0.15, 0.2) is 0 Å². The van der Waals surface area contributed by atoms with Crippen LogP contribution in [-0.4, -0.2) is 37.0 Å². The van der Waals surface area contributed by atoms with Gasteiger partial charge in [-0.2, -0.15) is 13.7 Å². The van der Waals surface area contributed by atoms with Gasteiger partial charge in [0.25, 0.3) is 0 Å². The highest BCUT2D eigenvalue weighted by atomic mass is 28.4. The van der Waals surface area contributed by atoms with Crippen molar-refractivity contribution in [2.75, 3.05) is 27.9 Å². The molecule has 0 aliphatic carbocycles. The van der Waals surface area contributed by atoms with Crippen LogP contribution >= 0.6 is 0 Å². The van der Waals surface area contributed by atoms with Gasteiger partial charge in [-0.25, -0.2) is 14.7 Å². The van der Waals surface area contributed by atoms with Gasteiger partial charge in [0.1, 0.15) is 0 Å². The van der Waals surface area contributed by atoms with Gasteiger partial charge in [0.15, 0.2) is 0 Å². The van der Waals surface area contributed by atoms with Crippen molar-refractivity contribution in [1.29, 1.82) is 0 Å². The van der Waals surface area contributed by atoms with Crippen LogP contribution < -0.4 is 0 Å². The van der Waals surface area contributed by atoms with Crippen LogP contribution in [0.5, 0.6) is 0 Å². The summed E-state index contributed by atoms with van der Waals surface area (Å²) < 4.78 is 20.4. The molecule has 7 nitrogen and oxygen atoms in total. The van der Waals surface area contributed by atoms with Crippen LogP contribution in [-0.2, 0) is 32.8 Å². The molecule has 8 heteroatoms. The second-order valence-corrected chi connectivity index (χ2v) is 8.48. The van der Waals surface area contributed by atoms with Gasteiger partial charge < -0.3 is 4.43 Å². The van der Waals surface area contributed by atoms with Crippen LogP contribution in [0, 0.1) is 0 Å². The van der Waals surface area contributed by atoms with Gasteiger partial charge >= 0.3 is 9.05 Å². The summed E-state index contributed by atoms with van der Waals surface area (Å²) in [5, 5.41) is 0. The molecule has 0 heterocycles. The van der Waals surface area contributed by atoms with E-state index in [1.807, 2.05) is 0 Å². The van der Waals surface area contributed by atoms with Gasteiger partial charge in [-0.3, -0.25) is 0 Å². The zero-order valence-electron chi connectivity index (χ0n) is 18.0. The van der Waals surface area contributed by atoms with E-state index in [0.29, 0.717) is 6.61 Å². The maximum absolute atomic E-state index is 5.56. The Labute approximate surface area is 167 Å². The van der Waals surface area contributed by atoms with Crippen LogP contribution in [0.4, 0.5) is 0 Å². The van der Waals surface area contributed by atoms with Crippen molar-refractivity contribution in [3.05, 3.63) is 0 Å². The maximum Gasteiger partial charge on any atom is 0.764 e. The summed E-state index contributed by atoms with van der Waals surface area (Å²) in [7, 11) is 0.461. The average Bonchev–Trinajstić information content (AvgIpc) is 2.65. The Bertz CT molecular complexity index is 278. The summed E-state index contributed by atoms with van der Waals surface area (Å²) >= 11 is 0. The van der Waals surface area contributed by atoms with Gasteiger partial charge in [-0.05, 0) is 6.42 Å². The first-order chi connectivity index (χ1) is 13.2. The van der Waals surface area contributed by atoms with Crippen LogP contribution in [0.3, 0.4) is 0 Å². The lowest BCUT2D eigenvalue weighted by atomic mass is 10.0. The molecule has 0 aromatic heterocycles. The van der Waals surface area contributed by atoms with Gasteiger partial charge in [-0.15, -0.1) is 0 Å². The Morgan fingerprint density at radius 2 is 0.815 bits per heavy atom. The predicted octanol–water partition coefficient (Wildman–Crippen LogP) is 5.65. The maximum atomic E-state index is 5.56. The average molecular weight is 411 g/mol. The minimum absolute atomic E-state index is 0.431. The first kappa shape index (κ1) is 26.9. The summed E-state index contributed by atoms with van der Waals surface area (Å²) in [4.78, 5) is 13.8. The van der Waals surface area contributed by atoms with Crippen molar-refractivity contribution in [1.82, 2.24) is 0 Å². The van der Waals surface area contributed by atoms with Gasteiger partial charge in [0, 0.05) is 6.61 Å². The highest BCUT2D eigenvalue weighted by molar-refractivity contribution is 6.52. The number of hydrogen-bond acceptors (Lipinski definition) is 7. The summed E-state index contributed by atoms with van der Waals surface area (Å²) in [6.45, 7) is 2.70. The molecule has 0 spiro atoms. The Morgan fingerprint density at radius 1 is 0.481 bits per heavy atom. The van der Waals surface area contributed by atoms with Gasteiger partial charge in [-0.1, -0.05) is 90.4 Å². The SMILES string of the molecule is CCCCCCCCCCCCCCCCO[Si](OOC)(OOC)OOC. The van der Waals surface area contributed by atoms with Crippen LogP contribution in [0.1, 0.15) is 96.8 Å². The minimum Gasteiger partial charge on any atom is -0.347 e. The molecule has 0 fully saturated rings. The summed E-state index contributed by atoms with van der Waals surface area (Å²) in [6, 6.07) is 0. The lowest BCUT2D eigenvalue weighted by Gasteiger charge is -2.22. The van der Waals surface area contributed by atoms with E-state index in [0.717, 1.165) is 12.8 Å². The van der Waals surface area contributed by atoms with Crippen molar-refractivity contribution in [3.8, 4) is 0 Å². The molecule has 0 radical (unpaired) electrons. The monoisotopic (exact) mass is 410 g/mol. The molecule has 0 rings (SSSR count). The highest BCUT2D eigenvalue weighted by Crippen LogP contribution is 2.15. The summed E-state index contributed by atoms with van der Waals surface area (Å²) in [5.41, 5.74) is 0. The second kappa shape index (κ2) is 20.7. The normalized spacial score (nSPS) is 12.0. The molecular weight excluding hydrogens is 368 g/mol. The molecule has 0 aliphatic heterocycles. The van der Waals surface area contributed by atoms with E-state index in [-0.39, 0.29) is 0 Å². The molecule has 27 heavy (non-hydrogen) atoms. The van der Waals surface area contributed by atoms with Crippen molar-refractivity contribution in [3.63, 3.8) is 0 Å². The lowest BCUT2D eigenvalue weighted by Crippen LogP contribution is -2.48. The standard InChI is InChI=1S/C19H42O7Si/c1-5-6-7-8-9-10-11-12-13-14-15-16-17-18-19-23-27(24-20-2,25-21-3)26-22-4/h5-19H2,1-4H3. The molecule has 0 saturated carbocycles. The largest absolute Gasteiger partial charge is 0.764 e. The third kappa shape index (κ3) is 16.6. The molecule has 0 aromatic carbocycles. The van der Waals surface area contributed by atoms with Crippen molar-refractivity contribution >= 4 is 9.05 Å². The first-order valence-electron chi connectivity index (χ1n) is 10.5. The molecule has 0 aliphatic rings. The number of unbranched alkanes of at least 4 members (excludes halogenated alkanes) is 13. The highest BCUT2D eigenvalue weighted by Gasteiger charge is 2.51. The van der Waals surface area contributed by atoms with E-state index in [1.54, 1.807) is 0 Å². The van der Waals surface area contributed by atoms with Crippen molar-refractivity contribution < 1.29 is 32.8 Å². The fourth-order valence-electron chi connectivity index (χ4n) is 2.91. The topological polar surface area (TPSA) is 64.6 Å². The third-order valence-electron chi connectivity index (χ3n) is 4.33. The van der Waals surface area contributed by atoms with E-state index in [2.05, 4.69) is 21.6 Å². The van der Waals surface area contributed by atoms with E-state index < -0.39 is 9.05 Å². The third-order valence-corrected chi connectivity index (χ3v) is 6.00. The Kier molecular flexibility index (Phi) is 20.6. The van der Waals surface area contributed by atoms with Gasteiger partial charge in [0.2, 0.25) is 0 Å². The van der Waals surface area contributed by atoms with E-state index >= 15 is 0 Å². The molecule has 0 bridgehead atoms. The fourth-order valence-corrected chi connectivity index (χ4v) is 4.15. The molecule has 0 amide bonds. The molecule has 164 valence electrons. The quantitative estimate of drug-likeness (QED) is 0.0988. The lowest BCUT2D eigenvalue weighted by molar-refractivity contribution is -0.370. The molecular formula is C19H42O7Si. The van der Waals surface area contributed by atoms with Crippen LogP contribution in [0.25, 0.3) is 0 Å². The number of rotatable bonds is 22. The fraction of sp³-hybridized carbons (Fsp3) is 1.00. The predicted molar refractivity (Wildman–Crippen MR) is 106 cm³/mol. The Hall–Kier alpha value is -0.0631. The minimum atomic E-state index is -3.57. The molecule has 0 aromatic rings. The molecule has 0 N–H and O–H groups in total. The van der Waals surface area contributed by atoms with Crippen molar-refractivity contribution in [2.45, 2.75) is 96.8 Å². The first-order valence-corrected chi connectivity index (χ1v) is 12.2. The van der Waals surface area contributed by atoms with Gasteiger partial charge in [0.05, 0.1) is 21.3 Å². The molecule has 0 saturated heterocycles. The zero-order valence-corrected chi connectivity index (χ0v) is 19.0. The summed E-state index contributed by atoms with van der Waals surface area (Å²) in [6.07, 6.45) is 18.3. The van der Waals surface area contributed by atoms with E-state index in [9.17, 15) is 0 Å². The molecule has 0 atom stereocenters. The molecule has 0 unspecified atom stereocenters. The summed E-state index contributed by atoms with van der Waals surface area (Å²) in [5.74, 6) is 0. The van der Waals surface area contributed by atoms with Crippen molar-refractivity contribution in [2.24, 2.45) is 0 Å².